The second-order valence-electron chi connectivity index (χ2n) is 4.51. The maximum Gasteiger partial charge on any atom is 0.328 e. The summed E-state index contributed by atoms with van der Waals surface area (Å²) in [7, 11) is 0. The number of hydrogen-bond donors (Lipinski definition) is 3. The highest BCUT2D eigenvalue weighted by molar-refractivity contribution is 7.07. The number of aliphatic hydroxyl groups is 1. The van der Waals surface area contributed by atoms with Crippen LogP contribution in [0.2, 0.25) is 0 Å². The third kappa shape index (κ3) is 3.68. The van der Waals surface area contributed by atoms with Crippen LogP contribution in [-0.2, 0) is 11.3 Å². The average molecular weight is 284 g/mol. The van der Waals surface area contributed by atoms with Crippen LogP contribution in [0.4, 0.5) is 4.79 Å². The molecule has 1 fully saturated rings. The van der Waals surface area contributed by atoms with E-state index in [4.69, 9.17) is 10.2 Å². The zero-order valence-corrected chi connectivity index (χ0v) is 11.1. The number of rotatable bonds is 6. The second-order valence-corrected chi connectivity index (χ2v) is 5.29. The predicted molar refractivity (Wildman–Crippen MR) is 69.9 cm³/mol. The van der Waals surface area contributed by atoms with Gasteiger partial charge in [-0.05, 0) is 35.2 Å². The summed E-state index contributed by atoms with van der Waals surface area (Å²) in [4.78, 5) is 24.5. The first-order valence-corrected chi connectivity index (χ1v) is 6.98. The Morgan fingerprint density at radius 2 is 2.26 bits per heavy atom. The highest BCUT2D eigenvalue weighted by Crippen LogP contribution is 2.28. The van der Waals surface area contributed by atoms with E-state index in [9.17, 15) is 9.59 Å². The van der Waals surface area contributed by atoms with E-state index in [-0.39, 0.29) is 6.04 Å². The number of aliphatic carboxylic acids is 1. The summed E-state index contributed by atoms with van der Waals surface area (Å²) in [5, 5.41) is 24.0. The van der Waals surface area contributed by atoms with Gasteiger partial charge in [-0.15, -0.1) is 0 Å². The van der Waals surface area contributed by atoms with Crippen LogP contribution in [0.3, 0.4) is 0 Å². The van der Waals surface area contributed by atoms with Gasteiger partial charge in [-0.25, -0.2) is 9.59 Å². The van der Waals surface area contributed by atoms with Gasteiger partial charge in [0.15, 0.2) is 6.04 Å². The van der Waals surface area contributed by atoms with Gasteiger partial charge < -0.3 is 20.4 Å². The van der Waals surface area contributed by atoms with E-state index in [1.54, 1.807) is 16.2 Å². The fraction of sp³-hybridized carbons (Fsp3) is 0.500. The number of carbonyl (C=O) groups excluding carboxylic acids is 1. The van der Waals surface area contributed by atoms with Crippen molar-refractivity contribution >= 4 is 23.3 Å². The monoisotopic (exact) mass is 284 g/mol. The fourth-order valence-corrected chi connectivity index (χ4v) is 2.41. The molecule has 0 aromatic carbocycles. The Morgan fingerprint density at radius 3 is 2.74 bits per heavy atom. The minimum absolute atomic E-state index is 0.174. The minimum Gasteiger partial charge on any atom is -0.480 e. The number of hydrogen-bond acceptors (Lipinski definition) is 4. The Labute approximate surface area is 114 Å². The number of carbonyl (C=O) groups is 2. The number of aliphatic hydroxyl groups excluding tert-OH is 1. The molecule has 0 saturated heterocycles. The summed E-state index contributed by atoms with van der Waals surface area (Å²) < 4.78 is 0. The van der Waals surface area contributed by atoms with Crippen LogP contribution in [0.15, 0.2) is 16.8 Å². The third-order valence-electron chi connectivity index (χ3n) is 2.96. The maximum absolute atomic E-state index is 12.1. The lowest BCUT2D eigenvalue weighted by atomic mass is 10.3. The topological polar surface area (TPSA) is 89.9 Å². The van der Waals surface area contributed by atoms with Crippen molar-refractivity contribution < 1.29 is 19.8 Å². The minimum atomic E-state index is -1.25. The highest BCUT2D eigenvalue weighted by atomic mass is 32.1. The molecule has 1 aliphatic carbocycles. The summed E-state index contributed by atoms with van der Waals surface area (Å²) in [5.74, 6) is -1.23. The van der Waals surface area contributed by atoms with Crippen molar-refractivity contribution in [3.05, 3.63) is 22.4 Å². The molecule has 0 unspecified atom stereocenters. The van der Waals surface area contributed by atoms with Gasteiger partial charge in [0.05, 0.1) is 6.61 Å². The largest absolute Gasteiger partial charge is 0.480 e. The number of carboxylic acids is 1. The Balaban J connectivity index is 1.98. The van der Waals surface area contributed by atoms with Crippen LogP contribution >= 0.6 is 11.3 Å². The number of urea groups is 1. The molecular weight excluding hydrogens is 268 g/mol. The first-order valence-electron chi connectivity index (χ1n) is 6.03. The van der Waals surface area contributed by atoms with Crippen LogP contribution < -0.4 is 5.32 Å². The normalized spacial score (nSPS) is 15.8. The molecule has 1 atom stereocenters. The Hall–Kier alpha value is -1.60. The van der Waals surface area contributed by atoms with Gasteiger partial charge in [0.25, 0.3) is 0 Å². The van der Waals surface area contributed by atoms with Crippen molar-refractivity contribution in [3.8, 4) is 0 Å². The van der Waals surface area contributed by atoms with Crippen molar-refractivity contribution in [2.45, 2.75) is 31.5 Å². The Bertz CT molecular complexity index is 445. The Kier molecular flexibility index (Phi) is 4.39. The van der Waals surface area contributed by atoms with Crippen LogP contribution in [0.1, 0.15) is 18.4 Å². The lowest BCUT2D eigenvalue weighted by Crippen LogP contribution is -2.49. The number of nitrogens with zero attached hydrogens (tertiary/aromatic N) is 1. The summed E-state index contributed by atoms with van der Waals surface area (Å²) in [6, 6.07) is 0.424. The van der Waals surface area contributed by atoms with Crippen LogP contribution in [0.25, 0.3) is 0 Å². The molecule has 0 aliphatic heterocycles. The third-order valence-corrected chi connectivity index (χ3v) is 3.69. The summed E-state index contributed by atoms with van der Waals surface area (Å²) >= 11 is 1.56. The van der Waals surface area contributed by atoms with Gasteiger partial charge in [-0.3, -0.25) is 0 Å². The molecule has 1 aromatic rings. The fourth-order valence-electron chi connectivity index (χ4n) is 1.75. The molecule has 2 amide bonds. The van der Waals surface area contributed by atoms with Gasteiger partial charge in [-0.1, -0.05) is 0 Å². The maximum atomic E-state index is 12.1. The second kappa shape index (κ2) is 6.03. The quantitative estimate of drug-likeness (QED) is 0.723. The van der Waals surface area contributed by atoms with Crippen molar-refractivity contribution in [3.63, 3.8) is 0 Å². The molecule has 1 aromatic heterocycles. The molecule has 1 heterocycles. The molecule has 1 saturated carbocycles. The van der Waals surface area contributed by atoms with Crippen molar-refractivity contribution in [2.24, 2.45) is 0 Å². The molecule has 2 rings (SSSR count). The lowest BCUT2D eigenvalue weighted by molar-refractivity contribution is -0.140. The van der Waals surface area contributed by atoms with Gasteiger partial charge in [0, 0.05) is 12.6 Å². The number of nitrogens with one attached hydrogen (secondary N) is 1. The standard InChI is InChI=1S/C12H16N2O4S/c15-6-10(11(16)17)13-12(18)14(9-1-2-9)5-8-3-4-19-7-8/h3-4,7,9-10,15H,1-2,5-6H2,(H,13,18)(H,16,17)/t10-/m1/s1. The SMILES string of the molecule is O=C(O)[C@@H](CO)NC(=O)N(Cc1ccsc1)C1CC1. The van der Waals surface area contributed by atoms with Gasteiger partial charge in [-0.2, -0.15) is 11.3 Å². The molecular formula is C12H16N2O4S. The van der Waals surface area contributed by atoms with E-state index in [1.807, 2.05) is 16.8 Å². The first kappa shape index (κ1) is 13.8. The van der Waals surface area contributed by atoms with E-state index in [0.717, 1.165) is 18.4 Å². The number of thiophene rings is 1. The molecule has 0 radical (unpaired) electrons. The first-order chi connectivity index (χ1) is 9.11. The molecule has 19 heavy (non-hydrogen) atoms. The van der Waals surface area contributed by atoms with E-state index in [2.05, 4.69) is 5.32 Å². The number of amides is 2. The van der Waals surface area contributed by atoms with Crippen LogP contribution in [0.5, 0.6) is 0 Å². The van der Waals surface area contributed by atoms with E-state index >= 15 is 0 Å². The van der Waals surface area contributed by atoms with E-state index in [1.165, 1.54) is 0 Å². The van der Waals surface area contributed by atoms with Crippen LogP contribution in [-0.4, -0.2) is 45.8 Å². The molecule has 3 N–H and O–H groups in total. The lowest BCUT2D eigenvalue weighted by Gasteiger charge is -2.24. The van der Waals surface area contributed by atoms with E-state index < -0.39 is 24.6 Å². The van der Waals surface area contributed by atoms with Crippen LogP contribution in [0, 0.1) is 0 Å². The van der Waals surface area contributed by atoms with E-state index in [0.29, 0.717) is 6.54 Å². The summed E-state index contributed by atoms with van der Waals surface area (Å²) in [6.07, 6.45) is 1.88. The highest BCUT2D eigenvalue weighted by Gasteiger charge is 2.34. The van der Waals surface area contributed by atoms with Gasteiger partial charge >= 0.3 is 12.0 Å². The molecule has 0 spiro atoms. The molecule has 1 aliphatic rings. The summed E-state index contributed by atoms with van der Waals surface area (Å²) in [5.41, 5.74) is 1.03. The molecule has 6 nitrogen and oxygen atoms in total. The zero-order chi connectivity index (χ0) is 13.8. The van der Waals surface area contributed by atoms with Crippen molar-refractivity contribution in [1.29, 1.82) is 0 Å². The van der Waals surface area contributed by atoms with Gasteiger partial charge in [0.2, 0.25) is 0 Å². The van der Waals surface area contributed by atoms with Crippen molar-refractivity contribution in [2.75, 3.05) is 6.61 Å². The summed E-state index contributed by atoms with van der Waals surface area (Å²) in [6.45, 7) is -0.143. The van der Waals surface area contributed by atoms with Gasteiger partial charge in [0.1, 0.15) is 0 Å². The Morgan fingerprint density at radius 1 is 1.53 bits per heavy atom. The van der Waals surface area contributed by atoms with Crippen molar-refractivity contribution in [1.82, 2.24) is 10.2 Å². The molecule has 0 bridgehead atoms. The zero-order valence-electron chi connectivity index (χ0n) is 10.3. The number of carboxylic acid groups (broad SMARTS) is 1. The molecule has 104 valence electrons. The molecule has 7 heteroatoms. The predicted octanol–water partition coefficient (Wildman–Crippen LogP) is 0.868. The average Bonchev–Trinajstić information content (AvgIpc) is 3.09. The smallest absolute Gasteiger partial charge is 0.328 e.